The lowest BCUT2D eigenvalue weighted by atomic mass is 10.2. The molecule has 2 aromatic rings. The molecule has 2 aromatic carbocycles. The second-order valence-electron chi connectivity index (χ2n) is 4.82. The van der Waals surface area contributed by atoms with Crippen molar-refractivity contribution in [3.05, 3.63) is 58.1 Å². The summed E-state index contributed by atoms with van der Waals surface area (Å²) in [4.78, 5) is 12.6. The summed E-state index contributed by atoms with van der Waals surface area (Å²) in [6.45, 7) is 0. The maximum atomic E-state index is 13.1. The SMILES string of the molecule is COc1ccc(C(=O)N(c2ccccc2Cl)S(=O)(=O)C(F)(F)F)cc1Cl. The predicted molar refractivity (Wildman–Crippen MR) is 91.2 cm³/mol. The van der Waals surface area contributed by atoms with Crippen molar-refractivity contribution in [1.29, 1.82) is 0 Å². The molecule has 0 unspecified atom stereocenters. The predicted octanol–water partition coefficient (Wildman–Crippen LogP) is 4.50. The van der Waals surface area contributed by atoms with Crippen LogP contribution in [0.25, 0.3) is 0 Å². The van der Waals surface area contributed by atoms with Crippen LogP contribution >= 0.6 is 23.2 Å². The van der Waals surface area contributed by atoms with Crippen LogP contribution in [-0.4, -0.2) is 26.9 Å². The molecule has 140 valence electrons. The number of ether oxygens (including phenoxy) is 1. The van der Waals surface area contributed by atoms with E-state index in [0.717, 1.165) is 24.3 Å². The van der Waals surface area contributed by atoms with E-state index < -0.39 is 37.0 Å². The molecule has 2 rings (SSSR count). The summed E-state index contributed by atoms with van der Waals surface area (Å²) in [7, 11) is -4.77. The van der Waals surface area contributed by atoms with Gasteiger partial charge in [0.15, 0.2) is 0 Å². The third-order valence-electron chi connectivity index (χ3n) is 3.19. The number of halogens is 5. The Morgan fingerprint density at radius 3 is 2.19 bits per heavy atom. The summed E-state index contributed by atoms with van der Waals surface area (Å²) < 4.78 is 67.8. The van der Waals surface area contributed by atoms with Crippen LogP contribution in [0.1, 0.15) is 10.4 Å². The maximum Gasteiger partial charge on any atom is 0.517 e. The Morgan fingerprint density at radius 1 is 1.08 bits per heavy atom. The van der Waals surface area contributed by atoms with Gasteiger partial charge < -0.3 is 4.74 Å². The highest BCUT2D eigenvalue weighted by Crippen LogP contribution is 2.36. The van der Waals surface area contributed by atoms with Crippen LogP contribution in [0.2, 0.25) is 10.0 Å². The molecular formula is C15H10Cl2F3NO4S. The van der Waals surface area contributed by atoms with Gasteiger partial charge in [0, 0.05) is 5.56 Å². The van der Waals surface area contributed by atoms with Gasteiger partial charge in [-0.1, -0.05) is 35.3 Å². The molecule has 0 aliphatic heterocycles. The van der Waals surface area contributed by atoms with Gasteiger partial charge in [-0.25, -0.2) is 0 Å². The highest BCUT2D eigenvalue weighted by atomic mass is 35.5. The fourth-order valence-corrected chi connectivity index (χ4v) is 3.46. The second kappa shape index (κ2) is 7.34. The largest absolute Gasteiger partial charge is 0.517 e. The molecule has 0 bridgehead atoms. The number of rotatable bonds is 4. The summed E-state index contributed by atoms with van der Waals surface area (Å²) in [6.07, 6.45) is 0. The Labute approximate surface area is 156 Å². The van der Waals surface area contributed by atoms with E-state index in [9.17, 15) is 26.4 Å². The highest BCUT2D eigenvalue weighted by molar-refractivity contribution is 7.94. The highest BCUT2D eigenvalue weighted by Gasteiger charge is 2.53. The van der Waals surface area contributed by atoms with Crippen LogP contribution in [0.5, 0.6) is 5.75 Å². The Kier molecular flexibility index (Phi) is 5.74. The van der Waals surface area contributed by atoms with Gasteiger partial charge in [-0.05, 0) is 30.3 Å². The van der Waals surface area contributed by atoms with E-state index in [-0.39, 0.29) is 15.8 Å². The summed E-state index contributed by atoms with van der Waals surface area (Å²) >= 11 is 11.7. The smallest absolute Gasteiger partial charge is 0.495 e. The first-order chi connectivity index (χ1) is 12.0. The molecule has 0 radical (unpaired) electrons. The van der Waals surface area contributed by atoms with E-state index >= 15 is 0 Å². The number of carbonyl (C=O) groups is 1. The van der Waals surface area contributed by atoms with Crippen molar-refractivity contribution in [2.24, 2.45) is 0 Å². The summed E-state index contributed by atoms with van der Waals surface area (Å²) in [6, 6.07) is 8.06. The number of alkyl halides is 3. The number of amides is 1. The molecule has 0 aliphatic carbocycles. The van der Waals surface area contributed by atoms with Crippen LogP contribution in [-0.2, 0) is 10.0 Å². The Balaban J connectivity index is 2.67. The van der Waals surface area contributed by atoms with Gasteiger partial charge in [0.05, 0.1) is 22.8 Å². The zero-order valence-corrected chi connectivity index (χ0v) is 15.2. The van der Waals surface area contributed by atoms with Crippen molar-refractivity contribution in [3.8, 4) is 5.75 Å². The van der Waals surface area contributed by atoms with E-state index in [1.165, 1.54) is 25.3 Å². The Morgan fingerprint density at radius 2 is 1.69 bits per heavy atom. The first kappa shape index (κ1) is 20.3. The topological polar surface area (TPSA) is 63.7 Å². The molecule has 26 heavy (non-hydrogen) atoms. The minimum atomic E-state index is -6.06. The first-order valence-electron chi connectivity index (χ1n) is 6.74. The van der Waals surface area contributed by atoms with E-state index in [2.05, 4.69) is 0 Å². The molecule has 0 fully saturated rings. The average Bonchev–Trinajstić information content (AvgIpc) is 2.55. The van der Waals surface area contributed by atoms with Crippen molar-refractivity contribution in [1.82, 2.24) is 0 Å². The molecular weight excluding hydrogens is 418 g/mol. The molecule has 0 aliphatic rings. The van der Waals surface area contributed by atoms with Crippen molar-refractivity contribution in [3.63, 3.8) is 0 Å². The molecule has 5 nitrogen and oxygen atoms in total. The van der Waals surface area contributed by atoms with Gasteiger partial charge in [0.1, 0.15) is 5.75 Å². The van der Waals surface area contributed by atoms with Gasteiger partial charge in [0.25, 0.3) is 5.91 Å². The normalized spacial score (nSPS) is 11.9. The zero-order valence-electron chi connectivity index (χ0n) is 12.9. The molecule has 0 spiro atoms. The lowest BCUT2D eigenvalue weighted by Gasteiger charge is -2.24. The monoisotopic (exact) mass is 427 g/mol. The van der Waals surface area contributed by atoms with Crippen molar-refractivity contribution >= 4 is 44.8 Å². The number of hydrogen-bond acceptors (Lipinski definition) is 4. The Hall–Kier alpha value is -1.97. The molecule has 0 heterocycles. The summed E-state index contributed by atoms with van der Waals surface area (Å²) in [5.74, 6) is -1.31. The number of benzene rings is 2. The minimum Gasteiger partial charge on any atom is -0.495 e. The van der Waals surface area contributed by atoms with Crippen LogP contribution < -0.4 is 9.04 Å². The molecule has 0 N–H and O–H groups in total. The van der Waals surface area contributed by atoms with Gasteiger partial charge in [-0.2, -0.15) is 25.9 Å². The quantitative estimate of drug-likeness (QED) is 0.720. The lowest BCUT2D eigenvalue weighted by molar-refractivity contribution is -0.0437. The number of carbonyl (C=O) groups excluding carboxylic acids is 1. The lowest BCUT2D eigenvalue weighted by Crippen LogP contribution is -2.44. The van der Waals surface area contributed by atoms with Gasteiger partial charge in [-0.15, -0.1) is 0 Å². The van der Waals surface area contributed by atoms with Crippen molar-refractivity contribution in [2.45, 2.75) is 5.51 Å². The van der Waals surface area contributed by atoms with Crippen molar-refractivity contribution in [2.75, 3.05) is 11.4 Å². The third kappa shape index (κ3) is 3.74. The summed E-state index contributed by atoms with van der Waals surface area (Å²) in [5, 5.41) is -0.435. The number of nitrogens with zero attached hydrogens (tertiary/aromatic N) is 1. The number of methoxy groups -OCH3 is 1. The van der Waals surface area contributed by atoms with Crippen LogP contribution in [0, 0.1) is 0 Å². The van der Waals surface area contributed by atoms with E-state index in [4.69, 9.17) is 27.9 Å². The van der Waals surface area contributed by atoms with Crippen LogP contribution in [0.4, 0.5) is 18.9 Å². The van der Waals surface area contributed by atoms with Gasteiger partial charge in [0.2, 0.25) is 0 Å². The van der Waals surface area contributed by atoms with E-state index in [1.54, 1.807) is 0 Å². The molecule has 0 saturated heterocycles. The zero-order chi connectivity index (χ0) is 19.7. The molecule has 11 heteroatoms. The molecule has 0 aromatic heterocycles. The number of anilines is 1. The number of hydrogen-bond donors (Lipinski definition) is 0. The van der Waals surface area contributed by atoms with Crippen LogP contribution in [0.15, 0.2) is 42.5 Å². The fraction of sp³-hybridized carbons (Fsp3) is 0.133. The van der Waals surface area contributed by atoms with E-state index in [1.807, 2.05) is 0 Å². The van der Waals surface area contributed by atoms with Gasteiger partial charge >= 0.3 is 15.5 Å². The minimum absolute atomic E-state index is 0.0816. The standard InChI is InChI=1S/C15H10Cl2F3NO4S/c1-25-13-7-6-9(8-11(13)17)14(22)21(26(23,24)15(18,19)20)12-5-3-2-4-10(12)16/h2-8H,1H3. The maximum absolute atomic E-state index is 13.1. The second-order valence-corrected chi connectivity index (χ2v) is 7.41. The van der Waals surface area contributed by atoms with Crippen LogP contribution in [0.3, 0.4) is 0 Å². The average molecular weight is 428 g/mol. The van der Waals surface area contributed by atoms with Crippen molar-refractivity contribution < 1.29 is 31.1 Å². The number of para-hydroxylation sites is 1. The fourth-order valence-electron chi connectivity index (χ4n) is 1.98. The molecule has 0 saturated carbocycles. The first-order valence-corrected chi connectivity index (χ1v) is 8.94. The third-order valence-corrected chi connectivity index (χ3v) is 5.23. The summed E-state index contributed by atoms with van der Waals surface area (Å²) in [5.41, 5.74) is -6.76. The number of sulfonamides is 1. The molecule has 1 amide bonds. The van der Waals surface area contributed by atoms with E-state index in [0.29, 0.717) is 0 Å². The van der Waals surface area contributed by atoms with Gasteiger partial charge in [-0.3, -0.25) is 4.79 Å². The molecule has 0 atom stereocenters. The Bertz CT molecular complexity index is 948.